The van der Waals surface area contributed by atoms with Gasteiger partial charge in [-0.3, -0.25) is 14.8 Å². The van der Waals surface area contributed by atoms with Crippen LogP contribution in [0.15, 0.2) is 41.5 Å². The first-order valence-electron chi connectivity index (χ1n) is 13.7. The number of benzene rings is 2. The molecule has 10 heteroatoms. The van der Waals surface area contributed by atoms with Gasteiger partial charge in [0.25, 0.3) is 5.91 Å². The number of nitrogens with one attached hydrogen (secondary N) is 2. The Balaban J connectivity index is 1.49. The third-order valence-corrected chi connectivity index (χ3v) is 7.49. The molecule has 0 radical (unpaired) electrons. The van der Waals surface area contributed by atoms with E-state index in [0.29, 0.717) is 55.6 Å². The number of aromatic amines is 1. The number of methoxy groups -OCH3 is 1. The van der Waals surface area contributed by atoms with Gasteiger partial charge in [0.2, 0.25) is 0 Å². The van der Waals surface area contributed by atoms with Crippen LogP contribution in [0.25, 0.3) is 0 Å². The highest BCUT2D eigenvalue weighted by Crippen LogP contribution is 2.42. The Hall–Kier alpha value is -4.34. The number of nitrogens with zero attached hydrogens (tertiary/aromatic N) is 4. The number of aryl methyl sites for hydroxylation is 3. The van der Waals surface area contributed by atoms with Crippen LogP contribution >= 0.6 is 0 Å². The van der Waals surface area contributed by atoms with Crippen LogP contribution in [-0.4, -0.2) is 71.1 Å². The minimum atomic E-state index is -0.271. The fraction of sp³-hybridized carbons (Fsp3) is 0.400. The minimum absolute atomic E-state index is 0.119. The summed E-state index contributed by atoms with van der Waals surface area (Å²) >= 11 is 0. The molecule has 3 aromatic rings. The second-order valence-electron chi connectivity index (χ2n) is 10.2. The third kappa shape index (κ3) is 5.25. The van der Waals surface area contributed by atoms with E-state index in [1.54, 1.807) is 18.1 Å². The van der Waals surface area contributed by atoms with Crippen LogP contribution in [0.3, 0.4) is 0 Å². The van der Waals surface area contributed by atoms with Crippen molar-refractivity contribution in [2.75, 3.05) is 33.4 Å². The quantitative estimate of drug-likeness (QED) is 0.430. The summed E-state index contributed by atoms with van der Waals surface area (Å²) in [6, 6.07) is 9.57. The molecule has 0 saturated carbocycles. The number of aromatic nitrogens is 2. The second-order valence-corrected chi connectivity index (χ2v) is 10.2. The van der Waals surface area contributed by atoms with Crippen molar-refractivity contribution >= 4 is 23.5 Å². The maximum absolute atomic E-state index is 14.0. The first-order chi connectivity index (χ1) is 19.3. The Morgan fingerprint density at radius 1 is 1.18 bits per heavy atom. The maximum atomic E-state index is 14.0. The summed E-state index contributed by atoms with van der Waals surface area (Å²) in [5.74, 6) is 1.78. The lowest BCUT2D eigenvalue weighted by Crippen LogP contribution is -2.56. The molecule has 3 amide bonds. The molecule has 40 heavy (non-hydrogen) atoms. The molecule has 0 spiro atoms. The van der Waals surface area contributed by atoms with Crippen LogP contribution in [0.2, 0.25) is 0 Å². The number of ether oxygens (including phenoxy) is 2. The smallest absolute Gasteiger partial charge is 0.326 e. The highest BCUT2D eigenvalue weighted by Gasteiger charge is 2.41. The molecule has 3 heterocycles. The number of H-pyrrole nitrogens is 1. The molecule has 1 aromatic heterocycles. The van der Waals surface area contributed by atoms with Crippen molar-refractivity contribution in [1.29, 1.82) is 0 Å². The molecule has 2 aliphatic rings. The van der Waals surface area contributed by atoms with Crippen molar-refractivity contribution in [3.63, 3.8) is 0 Å². The number of rotatable bonds is 8. The predicted molar refractivity (Wildman–Crippen MR) is 153 cm³/mol. The van der Waals surface area contributed by atoms with Crippen LogP contribution in [0, 0.1) is 20.8 Å². The van der Waals surface area contributed by atoms with E-state index in [4.69, 9.17) is 14.5 Å². The molecule has 210 valence electrons. The van der Waals surface area contributed by atoms with Crippen molar-refractivity contribution in [2.24, 2.45) is 4.99 Å². The molecule has 1 saturated heterocycles. The van der Waals surface area contributed by atoms with Gasteiger partial charge in [-0.05, 0) is 74.6 Å². The number of urea groups is 1. The second kappa shape index (κ2) is 11.4. The summed E-state index contributed by atoms with van der Waals surface area (Å²) in [5, 5.41) is 9.38. The summed E-state index contributed by atoms with van der Waals surface area (Å²) in [4.78, 5) is 35.2. The Kier molecular flexibility index (Phi) is 7.77. The minimum Gasteiger partial charge on any atom is -0.493 e. The van der Waals surface area contributed by atoms with Gasteiger partial charge in [-0.15, -0.1) is 0 Å². The van der Waals surface area contributed by atoms with Gasteiger partial charge < -0.3 is 19.7 Å². The number of amides is 3. The summed E-state index contributed by atoms with van der Waals surface area (Å²) in [6.07, 6.45) is 2.78. The molecule has 10 nitrogen and oxygen atoms in total. The third-order valence-electron chi connectivity index (χ3n) is 7.49. The van der Waals surface area contributed by atoms with Crippen molar-refractivity contribution < 1.29 is 19.1 Å². The number of aliphatic imine (C=N–C) groups is 1. The van der Waals surface area contributed by atoms with Gasteiger partial charge in [-0.1, -0.05) is 17.7 Å². The fourth-order valence-electron chi connectivity index (χ4n) is 5.70. The number of hydrogen-bond acceptors (Lipinski definition) is 6. The number of amidine groups is 1. The predicted octanol–water partition coefficient (Wildman–Crippen LogP) is 4.63. The molecule has 1 unspecified atom stereocenters. The average molecular weight is 545 g/mol. The SMILES string of the molecule is CCOc1cc2c(cc1OC)C1CC(=Nc3c(C)cc(C)cc3C)N(CCNC(=O)c3ccn[nH]3)C(=O)N1CC2. The van der Waals surface area contributed by atoms with E-state index >= 15 is 0 Å². The van der Waals surface area contributed by atoms with E-state index in [-0.39, 0.29) is 24.5 Å². The standard InChI is InChI=1S/C30H36N6O4/c1-6-40-26-15-21-8-11-35-24(22(21)16-25(26)39-5)17-27(33-28-19(3)13-18(2)14-20(28)4)36(30(35)38)12-10-31-29(37)23-7-9-32-34-23/h7,9,13-16,24H,6,8,10-12,17H2,1-5H3,(H,31,37)(H,32,34). The first kappa shape index (κ1) is 27.2. The van der Waals surface area contributed by atoms with Gasteiger partial charge in [0.05, 0.1) is 25.4 Å². The zero-order valence-electron chi connectivity index (χ0n) is 23.7. The zero-order valence-corrected chi connectivity index (χ0v) is 23.7. The molecular weight excluding hydrogens is 508 g/mol. The van der Waals surface area contributed by atoms with Gasteiger partial charge in [0.15, 0.2) is 11.5 Å². The molecule has 2 aliphatic heterocycles. The number of fused-ring (bicyclic) bond motifs is 3. The topological polar surface area (TPSA) is 112 Å². The molecule has 2 N–H and O–H groups in total. The molecule has 1 atom stereocenters. The number of carbonyl (C=O) groups excluding carboxylic acids is 2. The van der Waals surface area contributed by atoms with E-state index in [2.05, 4.69) is 34.6 Å². The van der Waals surface area contributed by atoms with Gasteiger partial charge in [-0.2, -0.15) is 5.10 Å². The van der Waals surface area contributed by atoms with Gasteiger partial charge >= 0.3 is 6.03 Å². The van der Waals surface area contributed by atoms with Crippen molar-refractivity contribution in [3.8, 4) is 11.5 Å². The van der Waals surface area contributed by atoms with Crippen LogP contribution in [0.5, 0.6) is 11.5 Å². The Bertz CT molecular complexity index is 1430. The lowest BCUT2D eigenvalue weighted by Gasteiger charge is -2.45. The highest BCUT2D eigenvalue weighted by molar-refractivity contribution is 6.02. The normalized spacial score (nSPS) is 17.5. The van der Waals surface area contributed by atoms with Crippen LogP contribution < -0.4 is 14.8 Å². The lowest BCUT2D eigenvalue weighted by molar-refractivity contribution is 0.0941. The van der Waals surface area contributed by atoms with E-state index in [0.717, 1.165) is 27.9 Å². The summed E-state index contributed by atoms with van der Waals surface area (Å²) in [7, 11) is 1.63. The molecule has 1 fully saturated rings. The Morgan fingerprint density at radius 3 is 2.62 bits per heavy atom. The zero-order chi connectivity index (χ0) is 28.4. The Morgan fingerprint density at radius 2 is 1.95 bits per heavy atom. The largest absolute Gasteiger partial charge is 0.493 e. The number of hydrogen-bond donors (Lipinski definition) is 2. The monoisotopic (exact) mass is 544 g/mol. The highest BCUT2D eigenvalue weighted by atomic mass is 16.5. The molecular formula is C30H36N6O4. The summed E-state index contributed by atoms with van der Waals surface area (Å²) in [5.41, 5.74) is 6.73. The van der Waals surface area contributed by atoms with E-state index in [1.165, 1.54) is 11.8 Å². The fourth-order valence-corrected chi connectivity index (χ4v) is 5.70. The lowest BCUT2D eigenvalue weighted by atomic mass is 9.88. The van der Waals surface area contributed by atoms with Crippen molar-refractivity contribution in [1.82, 2.24) is 25.3 Å². The summed E-state index contributed by atoms with van der Waals surface area (Å²) in [6.45, 7) is 9.80. The van der Waals surface area contributed by atoms with Crippen LogP contribution in [0.1, 0.15) is 57.7 Å². The van der Waals surface area contributed by atoms with Crippen molar-refractivity contribution in [2.45, 2.75) is 46.6 Å². The van der Waals surface area contributed by atoms with Gasteiger partial charge in [0, 0.05) is 32.3 Å². The van der Waals surface area contributed by atoms with E-state index in [9.17, 15) is 9.59 Å². The van der Waals surface area contributed by atoms with Crippen molar-refractivity contribution in [3.05, 3.63) is 70.0 Å². The van der Waals surface area contributed by atoms with Gasteiger partial charge in [-0.25, -0.2) is 9.79 Å². The maximum Gasteiger partial charge on any atom is 0.326 e. The van der Waals surface area contributed by atoms with E-state index in [1.807, 2.05) is 37.8 Å². The number of carbonyl (C=O) groups is 2. The summed E-state index contributed by atoms with van der Waals surface area (Å²) < 4.78 is 11.5. The van der Waals surface area contributed by atoms with Gasteiger partial charge in [0.1, 0.15) is 11.5 Å². The Labute approximate surface area is 234 Å². The molecule has 0 bridgehead atoms. The molecule has 2 aromatic carbocycles. The van der Waals surface area contributed by atoms with Crippen LogP contribution in [-0.2, 0) is 6.42 Å². The average Bonchev–Trinajstić information content (AvgIpc) is 3.47. The van der Waals surface area contributed by atoms with E-state index < -0.39 is 0 Å². The molecule has 5 rings (SSSR count). The molecule has 0 aliphatic carbocycles. The first-order valence-corrected chi connectivity index (χ1v) is 13.7. The van der Waals surface area contributed by atoms with Crippen LogP contribution in [0.4, 0.5) is 10.5 Å².